The molecule has 6 heteroatoms. The molecule has 0 bridgehead atoms. The quantitative estimate of drug-likeness (QED) is 0.797. The van der Waals surface area contributed by atoms with E-state index in [0.717, 1.165) is 23.9 Å². The minimum absolute atomic E-state index is 0.129. The van der Waals surface area contributed by atoms with Gasteiger partial charge in [-0.25, -0.2) is 0 Å². The van der Waals surface area contributed by atoms with Gasteiger partial charge in [-0.2, -0.15) is 0 Å². The largest absolute Gasteiger partial charge is 0.352 e. The van der Waals surface area contributed by atoms with E-state index >= 15 is 0 Å². The van der Waals surface area contributed by atoms with Crippen molar-refractivity contribution in [2.45, 2.75) is 88.7 Å². The van der Waals surface area contributed by atoms with E-state index in [4.69, 9.17) is 0 Å². The lowest BCUT2D eigenvalue weighted by Crippen LogP contribution is -2.46. The molecular weight excluding hydrogens is 320 g/mol. The van der Waals surface area contributed by atoms with Gasteiger partial charge in [-0.1, -0.05) is 38.5 Å². The monoisotopic (exact) mass is 350 g/mol. The molecule has 3 rings (SSSR count). The maximum absolute atomic E-state index is 12.6. The fourth-order valence-electron chi connectivity index (χ4n) is 3.63. The fraction of sp³-hybridized carbons (Fsp3) is 0.833. The molecule has 1 heterocycles. The normalized spacial score (nSPS) is 28.6. The van der Waals surface area contributed by atoms with E-state index in [9.17, 15) is 4.79 Å². The van der Waals surface area contributed by atoms with Crippen LogP contribution < -0.4 is 5.32 Å². The van der Waals surface area contributed by atoms with Crippen LogP contribution in [0.2, 0.25) is 0 Å². The average Bonchev–Trinajstić information content (AvgIpc) is 3.33. The van der Waals surface area contributed by atoms with Crippen molar-refractivity contribution in [3.63, 3.8) is 0 Å². The second-order valence-corrected chi connectivity index (χ2v) is 8.81. The zero-order chi connectivity index (χ0) is 17.3. The first-order valence-electron chi connectivity index (χ1n) is 9.41. The molecule has 2 aliphatic carbocycles. The number of carbonyl (C=O) groups excluding carboxylic acids is 1. The second-order valence-electron chi connectivity index (χ2n) is 7.50. The maximum Gasteiger partial charge on any atom is 0.233 e. The summed E-state index contributed by atoms with van der Waals surface area (Å²) in [4.78, 5) is 12.6. The zero-order valence-electron chi connectivity index (χ0n) is 15.3. The molecule has 0 aromatic carbocycles. The standard InChI is InChI=1S/C18H30N4OS/c1-5-22-16(14-9-10-14)20-21-18(22)24-13(4)17(23)19-15-8-6-7-11(2)12(15)3/h11-15H,5-10H2,1-4H3,(H,19,23)/t11-,12-,13+,15-/m0/s1. The van der Waals surface area contributed by atoms with E-state index in [2.05, 4.69) is 40.9 Å². The minimum atomic E-state index is -0.143. The van der Waals surface area contributed by atoms with Gasteiger partial charge >= 0.3 is 0 Å². The number of aromatic nitrogens is 3. The molecule has 4 atom stereocenters. The summed E-state index contributed by atoms with van der Waals surface area (Å²) in [5, 5.41) is 12.7. The Morgan fingerprint density at radius 2 is 2.04 bits per heavy atom. The third-order valence-corrected chi connectivity index (χ3v) is 6.77. The van der Waals surface area contributed by atoms with E-state index in [1.807, 2.05) is 6.92 Å². The summed E-state index contributed by atoms with van der Waals surface area (Å²) in [7, 11) is 0. The van der Waals surface area contributed by atoms with Crippen LogP contribution in [0.5, 0.6) is 0 Å². The van der Waals surface area contributed by atoms with Gasteiger partial charge < -0.3 is 9.88 Å². The number of carbonyl (C=O) groups is 1. The molecule has 2 saturated carbocycles. The highest BCUT2D eigenvalue weighted by Crippen LogP contribution is 2.40. The Morgan fingerprint density at radius 3 is 2.71 bits per heavy atom. The van der Waals surface area contributed by atoms with E-state index in [-0.39, 0.29) is 11.2 Å². The van der Waals surface area contributed by atoms with Gasteiger partial charge in [-0.05, 0) is 44.9 Å². The van der Waals surface area contributed by atoms with Crippen molar-refractivity contribution in [2.75, 3.05) is 0 Å². The molecule has 1 aromatic rings. The smallest absolute Gasteiger partial charge is 0.233 e. The predicted molar refractivity (Wildman–Crippen MR) is 97.1 cm³/mol. The van der Waals surface area contributed by atoms with Crippen molar-refractivity contribution in [3.8, 4) is 0 Å². The van der Waals surface area contributed by atoms with Gasteiger partial charge in [0.15, 0.2) is 5.16 Å². The van der Waals surface area contributed by atoms with Gasteiger partial charge in [-0.15, -0.1) is 10.2 Å². The number of amides is 1. The number of hydrogen-bond donors (Lipinski definition) is 1. The summed E-state index contributed by atoms with van der Waals surface area (Å²) < 4.78 is 2.18. The third-order valence-electron chi connectivity index (χ3n) is 5.69. The number of nitrogens with zero attached hydrogens (tertiary/aromatic N) is 3. The predicted octanol–water partition coefficient (Wildman–Crippen LogP) is 3.60. The fourth-order valence-corrected chi connectivity index (χ4v) is 4.55. The van der Waals surface area contributed by atoms with Gasteiger partial charge in [0, 0.05) is 18.5 Å². The van der Waals surface area contributed by atoms with Crippen LogP contribution >= 0.6 is 11.8 Å². The number of hydrogen-bond acceptors (Lipinski definition) is 4. The molecule has 5 nitrogen and oxygen atoms in total. The van der Waals surface area contributed by atoms with E-state index in [0.29, 0.717) is 23.8 Å². The van der Waals surface area contributed by atoms with Gasteiger partial charge in [0.25, 0.3) is 0 Å². The van der Waals surface area contributed by atoms with Crippen LogP contribution in [0.4, 0.5) is 0 Å². The maximum atomic E-state index is 12.6. The lowest BCUT2D eigenvalue weighted by molar-refractivity contribution is -0.121. The summed E-state index contributed by atoms with van der Waals surface area (Å²) in [6.45, 7) is 9.52. The molecule has 0 saturated heterocycles. The highest BCUT2D eigenvalue weighted by atomic mass is 32.2. The topological polar surface area (TPSA) is 59.8 Å². The first-order chi connectivity index (χ1) is 11.5. The number of thioether (sulfide) groups is 1. The van der Waals surface area contributed by atoms with Gasteiger partial charge in [0.1, 0.15) is 5.82 Å². The summed E-state index contributed by atoms with van der Waals surface area (Å²) >= 11 is 1.54. The summed E-state index contributed by atoms with van der Waals surface area (Å²) in [6, 6.07) is 0.315. The Kier molecular flexibility index (Phi) is 5.52. The first kappa shape index (κ1) is 17.8. The Labute approximate surface area is 149 Å². The molecular formula is C18H30N4OS. The summed E-state index contributed by atoms with van der Waals surface area (Å²) in [6.07, 6.45) is 6.03. The van der Waals surface area contributed by atoms with Crippen molar-refractivity contribution in [1.29, 1.82) is 0 Å². The van der Waals surface area contributed by atoms with E-state index in [1.54, 1.807) is 0 Å². The number of nitrogens with one attached hydrogen (secondary N) is 1. The molecule has 0 unspecified atom stereocenters. The van der Waals surface area contributed by atoms with Crippen molar-refractivity contribution in [2.24, 2.45) is 11.8 Å². The first-order valence-corrected chi connectivity index (χ1v) is 10.3. The Hall–Kier alpha value is -1.04. The highest BCUT2D eigenvalue weighted by Gasteiger charge is 2.32. The summed E-state index contributed by atoms with van der Waals surface area (Å²) in [5.74, 6) is 3.06. The molecule has 0 spiro atoms. The average molecular weight is 351 g/mol. The third kappa shape index (κ3) is 3.79. The van der Waals surface area contributed by atoms with Crippen LogP contribution in [0.1, 0.15) is 71.5 Å². The SMILES string of the molecule is CCn1c(S[C@H](C)C(=O)N[C@H]2CCC[C@H](C)[C@@H]2C)nnc1C1CC1. The molecule has 1 N–H and O–H groups in total. The van der Waals surface area contributed by atoms with Gasteiger partial charge in [0.05, 0.1) is 5.25 Å². The minimum Gasteiger partial charge on any atom is -0.352 e. The molecule has 24 heavy (non-hydrogen) atoms. The Bertz CT molecular complexity index is 584. The van der Waals surface area contributed by atoms with Crippen LogP contribution in [-0.2, 0) is 11.3 Å². The van der Waals surface area contributed by atoms with Crippen molar-refractivity contribution in [3.05, 3.63) is 5.82 Å². The van der Waals surface area contributed by atoms with Crippen LogP contribution in [0.25, 0.3) is 0 Å². The molecule has 134 valence electrons. The van der Waals surface area contributed by atoms with Crippen LogP contribution in [0, 0.1) is 11.8 Å². The van der Waals surface area contributed by atoms with Crippen molar-refractivity contribution in [1.82, 2.24) is 20.1 Å². The van der Waals surface area contributed by atoms with Gasteiger partial charge in [-0.3, -0.25) is 4.79 Å². The zero-order valence-corrected chi connectivity index (χ0v) is 16.1. The molecule has 0 aliphatic heterocycles. The van der Waals surface area contributed by atoms with Crippen molar-refractivity contribution < 1.29 is 4.79 Å². The van der Waals surface area contributed by atoms with Crippen LogP contribution in [0.3, 0.4) is 0 Å². The molecule has 2 aliphatic rings. The Morgan fingerprint density at radius 1 is 1.29 bits per heavy atom. The number of rotatable bonds is 6. The lowest BCUT2D eigenvalue weighted by Gasteiger charge is -2.35. The molecule has 1 amide bonds. The Balaban J connectivity index is 1.60. The van der Waals surface area contributed by atoms with Crippen LogP contribution in [-0.4, -0.2) is 32.0 Å². The van der Waals surface area contributed by atoms with Crippen LogP contribution in [0.15, 0.2) is 5.16 Å². The molecule has 2 fully saturated rings. The summed E-state index contributed by atoms with van der Waals surface area (Å²) in [5.41, 5.74) is 0. The van der Waals surface area contributed by atoms with Crippen molar-refractivity contribution >= 4 is 17.7 Å². The molecule has 0 radical (unpaired) electrons. The second kappa shape index (κ2) is 7.46. The molecule has 1 aromatic heterocycles. The van der Waals surface area contributed by atoms with E-state index < -0.39 is 0 Å². The van der Waals surface area contributed by atoms with E-state index in [1.165, 1.54) is 37.4 Å². The lowest BCUT2D eigenvalue weighted by atomic mass is 9.78. The highest BCUT2D eigenvalue weighted by molar-refractivity contribution is 8.00. The van der Waals surface area contributed by atoms with Gasteiger partial charge in [0.2, 0.25) is 5.91 Å².